The van der Waals surface area contributed by atoms with Crippen molar-refractivity contribution in [2.75, 3.05) is 0 Å². The second-order valence-electron chi connectivity index (χ2n) is 7.89. The van der Waals surface area contributed by atoms with E-state index in [0.29, 0.717) is 22.6 Å². The molecule has 0 aromatic heterocycles. The zero-order chi connectivity index (χ0) is 18.8. The highest BCUT2D eigenvalue weighted by Gasteiger charge is 2.37. The normalized spacial score (nSPS) is 30.2. The molecule has 3 rings (SSSR count). The second kappa shape index (κ2) is 8.05. The summed E-state index contributed by atoms with van der Waals surface area (Å²) in [5.74, 6) is 1.05. The van der Waals surface area contributed by atoms with Gasteiger partial charge in [-0.15, -0.1) is 0 Å². The summed E-state index contributed by atoms with van der Waals surface area (Å²) in [5, 5.41) is 0. The van der Waals surface area contributed by atoms with E-state index < -0.39 is 23.1 Å². The van der Waals surface area contributed by atoms with Crippen molar-refractivity contribution in [3.8, 4) is 0 Å². The number of ether oxygens (including phenoxy) is 2. The fraction of sp³-hybridized carbons (Fsp3) is 0.571. The van der Waals surface area contributed by atoms with Crippen molar-refractivity contribution in [1.29, 1.82) is 0 Å². The van der Waals surface area contributed by atoms with Crippen LogP contribution in [0.15, 0.2) is 40.1 Å². The van der Waals surface area contributed by atoms with E-state index in [1.54, 1.807) is 18.2 Å². The molecule has 1 heterocycles. The molecule has 4 unspecified atom stereocenters. The number of cyclic esters (lactones) is 1. The molecule has 0 radical (unpaired) electrons. The summed E-state index contributed by atoms with van der Waals surface area (Å²) >= 11 is 0. The van der Waals surface area contributed by atoms with Crippen LogP contribution in [-0.2, 0) is 25.1 Å². The Hall–Kier alpha value is -1.46. The van der Waals surface area contributed by atoms with E-state index in [-0.39, 0.29) is 11.0 Å². The monoisotopic (exact) mass is 376 g/mol. The van der Waals surface area contributed by atoms with Crippen molar-refractivity contribution in [3.63, 3.8) is 0 Å². The van der Waals surface area contributed by atoms with Gasteiger partial charge in [0.15, 0.2) is 0 Å². The highest BCUT2D eigenvalue weighted by molar-refractivity contribution is 7.90. The molecule has 1 fully saturated rings. The molecule has 1 aromatic rings. The van der Waals surface area contributed by atoms with Crippen molar-refractivity contribution < 1.29 is 18.5 Å². The molecule has 0 N–H and O–H groups in total. The van der Waals surface area contributed by atoms with E-state index in [2.05, 4.69) is 20.8 Å². The summed E-state index contributed by atoms with van der Waals surface area (Å²) in [6.45, 7) is 8.63. The fourth-order valence-electron chi connectivity index (χ4n) is 3.83. The van der Waals surface area contributed by atoms with Gasteiger partial charge >= 0.3 is 5.97 Å². The number of aryl methyl sites for hydroxylation is 1. The molecule has 1 saturated carbocycles. The molecule has 5 heteroatoms. The SMILES string of the molecule is Cc1ccc(S(=O)C2=C[C@@H](OC3CC(C)CCC3C(C)C)OC2=O)cc1. The number of benzene rings is 1. The molecule has 1 aliphatic heterocycles. The van der Waals surface area contributed by atoms with Crippen molar-refractivity contribution >= 4 is 16.8 Å². The molecule has 142 valence electrons. The second-order valence-corrected chi connectivity index (χ2v) is 9.34. The molecular weight excluding hydrogens is 348 g/mol. The molecule has 1 aromatic carbocycles. The van der Waals surface area contributed by atoms with Crippen LogP contribution in [0.1, 0.15) is 45.6 Å². The van der Waals surface area contributed by atoms with Gasteiger partial charge < -0.3 is 9.47 Å². The highest BCUT2D eigenvalue weighted by Crippen LogP contribution is 2.37. The Kier molecular flexibility index (Phi) is 5.98. The fourth-order valence-corrected chi connectivity index (χ4v) is 4.90. The lowest BCUT2D eigenvalue weighted by atomic mass is 9.75. The van der Waals surface area contributed by atoms with Gasteiger partial charge in [-0.3, -0.25) is 0 Å². The Morgan fingerprint density at radius 1 is 1.19 bits per heavy atom. The lowest BCUT2D eigenvalue weighted by Crippen LogP contribution is -2.36. The van der Waals surface area contributed by atoms with Gasteiger partial charge in [0.2, 0.25) is 6.29 Å². The van der Waals surface area contributed by atoms with Gasteiger partial charge in [-0.1, -0.05) is 44.9 Å². The molecule has 2 aliphatic rings. The van der Waals surface area contributed by atoms with Crippen LogP contribution >= 0.6 is 0 Å². The van der Waals surface area contributed by atoms with Crippen LogP contribution in [0.3, 0.4) is 0 Å². The first-order valence-corrected chi connectivity index (χ1v) is 10.6. The largest absolute Gasteiger partial charge is 0.428 e. The minimum absolute atomic E-state index is 0.0694. The number of hydrogen-bond donors (Lipinski definition) is 0. The van der Waals surface area contributed by atoms with Gasteiger partial charge in [-0.2, -0.15) is 0 Å². The van der Waals surface area contributed by atoms with E-state index >= 15 is 0 Å². The first-order chi connectivity index (χ1) is 12.3. The smallest absolute Gasteiger partial charge is 0.350 e. The van der Waals surface area contributed by atoms with Crippen LogP contribution in [0, 0.1) is 24.7 Å². The third-order valence-corrected chi connectivity index (χ3v) is 6.82. The van der Waals surface area contributed by atoms with E-state index in [1.165, 1.54) is 6.42 Å². The average Bonchev–Trinajstić information content (AvgIpc) is 2.95. The molecule has 5 atom stereocenters. The summed E-state index contributed by atoms with van der Waals surface area (Å²) in [4.78, 5) is 13.0. The summed E-state index contributed by atoms with van der Waals surface area (Å²) in [6, 6.07) is 7.34. The van der Waals surface area contributed by atoms with Crippen LogP contribution < -0.4 is 0 Å². The number of esters is 1. The van der Waals surface area contributed by atoms with Crippen LogP contribution in [0.4, 0.5) is 0 Å². The zero-order valence-corrected chi connectivity index (χ0v) is 16.8. The van der Waals surface area contributed by atoms with E-state index in [1.807, 2.05) is 19.1 Å². The molecule has 0 bridgehead atoms. The van der Waals surface area contributed by atoms with E-state index in [0.717, 1.165) is 18.4 Å². The Balaban J connectivity index is 1.72. The predicted molar refractivity (Wildman–Crippen MR) is 102 cm³/mol. The third-order valence-electron chi connectivity index (χ3n) is 5.42. The lowest BCUT2D eigenvalue weighted by Gasteiger charge is -2.37. The van der Waals surface area contributed by atoms with Gasteiger partial charge in [0.05, 0.1) is 16.9 Å². The minimum atomic E-state index is -1.54. The average molecular weight is 377 g/mol. The molecule has 26 heavy (non-hydrogen) atoms. The van der Waals surface area contributed by atoms with Crippen molar-refractivity contribution in [1.82, 2.24) is 0 Å². The summed E-state index contributed by atoms with van der Waals surface area (Å²) in [7, 11) is -1.54. The predicted octanol–water partition coefficient (Wildman–Crippen LogP) is 4.35. The standard InChI is InChI=1S/C21H28O4S/c1-13(2)17-10-7-15(4)11-18(17)24-20-12-19(21(22)25-20)26(23)16-8-5-14(3)6-9-16/h5-6,8-9,12-13,15,17-18,20H,7,10-11H2,1-4H3/t15?,17?,18?,20-,26?/m0/s1. The van der Waals surface area contributed by atoms with Gasteiger partial charge in [0.25, 0.3) is 0 Å². The van der Waals surface area contributed by atoms with Gasteiger partial charge in [-0.05, 0) is 49.7 Å². The number of hydrogen-bond acceptors (Lipinski definition) is 4. The molecule has 4 nitrogen and oxygen atoms in total. The summed E-state index contributed by atoms with van der Waals surface area (Å²) in [6.07, 6.45) is 4.25. The number of carbonyl (C=O) groups is 1. The maximum atomic E-state index is 12.7. The number of rotatable bonds is 5. The van der Waals surface area contributed by atoms with Crippen LogP contribution in [0.25, 0.3) is 0 Å². The first-order valence-electron chi connectivity index (χ1n) is 9.42. The maximum Gasteiger partial charge on any atom is 0.350 e. The minimum Gasteiger partial charge on any atom is -0.428 e. The molecule has 0 saturated heterocycles. The Morgan fingerprint density at radius 2 is 1.88 bits per heavy atom. The van der Waals surface area contributed by atoms with Gasteiger partial charge in [-0.25, -0.2) is 9.00 Å². The topological polar surface area (TPSA) is 52.6 Å². The maximum absolute atomic E-state index is 12.7. The Bertz CT molecular complexity index is 707. The Morgan fingerprint density at radius 3 is 2.54 bits per heavy atom. The first kappa shape index (κ1) is 19.3. The molecular formula is C21H28O4S. The van der Waals surface area contributed by atoms with Crippen LogP contribution in [0.5, 0.6) is 0 Å². The van der Waals surface area contributed by atoms with Crippen molar-refractivity contribution in [2.45, 2.75) is 64.2 Å². The summed E-state index contributed by atoms with van der Waals surface area (Å²) < 4.78 is 24.2. The highest BCUT2D eigenvalue weighted by atomic mass is 32.2. The van der Waals surface area contributed by atoms with E-state index in [9.17, 15) is 9.00 Å². The van der Waals surface area contributed by atoms with Crippen molar-refractivity contribution in [3.05, 3.63) is 40.8 Å². The molecule has 0 amide bonds. The zero-order valence-electron chi connectivity index (χ0n) is 15.9. The lowest BCUT2D eigenvalue weighted by molar-refractivity contribution is -0.178. The molecule has 0 spiro atoms. The Labute approximate surface area is 158 Å². The summed E-state index contributed by atoms with van der Waals surface area (Å²) in [5.41, 5.74) is 1.08. The molecule has 1 aliphatic carbocycles. The van der Waals surface area contributed by atoms with Crippen LogP contribution in [-0.4, -0.2) is 22.6 Å². The quantitative estimate of drug-likeness (QED) is 0.717. The van der Waals surface area contributed by atoms with Gasteiger partial charge in [0.1, 0.15) is 4.91 Å². The van der Waals surface area contributed by atoms with Gasteiger partial charge in [0, 0.05) is 11.0 Å². The third kappa shape index (κ3) is 4.26. The number of carbonyl (C=O) groups excluding carboxylic acids is 1. The van der Waals surface area contributed by atoms with Crippen LogP contribution in [0.2, 0.25) is 0 Å². The van der Waals surface area contributed by atoms with E-state index in [4.69, 9.17) is 9.47 Å². The van der Waals surface area contributed by atoms with Crippen molar-refractivity contribution in [2.24, 2.45) is 17.8 Å².